The molecule has 0 bridgehead atoms. The Labute approximate surface area is 137 Å². The molecule has 0 aromatic heterocycles. The van der Waals surface area contributed by atoms with Crippen molar-refractivity contribution in [3.63, 3.8) is 0 Å². The van der Waals surface area contributed by atoms with Gasteiger partial charge < -0.3 is 32.5 Å². The van der Waals surface area contributed by atoms with Gasteiger partial charge in [-0.15, -0.1) is 0 Å². The van der Waals surface area contributed by atoms with Gasteiger partial charge in [0, 0.05) is 12.6 Å². The number of guanidine groups is 1. The highest BCUT2D eigenvalue weighted by Gasteiger charge is 2.22. The predicted octanol–water partition coefficient (Wildman–Crippen LogP) is -1.08. The minimum absolute atomic E-state index is 0.169. The molecule has 0 aromatic rings. The molecule has 0 heterocycles. The Morgan fingerprint density at radius 3 is 2.30 bits per heavy atom. The Morgan fingerprint density at radius 1 is 1.17 bits per heavy atom. The van der Waals surface area contributed by atoms with Crippen molar-refractivity contribution in [3.8, 4) is 0 Å². The first-order valence-corrected chi connectivity index (χ1v) is 7.84. The average Bonchev–Trinajstić information content (AvgIpc) is 2.45. The number of carbonyl (C=O) groups is 2. The first kappa shape index (κ1) is 21.1. The van der Waals surface area contributed by atoms with E-state index in [1.165, 1.54) is 0 Å². The van der Waals surface area contributed by atoms with Crippen LogP contribution in [0, 0.1) is 5.41 Å². The van der Waals surface area contributed by atoms with Gasteiger partial charge in [0.05, 0.1) is 6.04 Å². The molecular formula is C14H30N6O3. The van der Waals surface area contributed by atoms with E-state index in [0.29, 0.717) is 25.4 Å². The second-order valence-electron chi connectivity index (χ2n) is 5.74. The first-order valence-electron chi connectivity index (χ1n) is 7.84. The van der Waals surface area contributed by atoms with Crippen LogP contribution in [0.15, 0.2) is 0 Å². The van der Waals surface area contributed by atoms with Gasteiger partial charge in [0.15, 0.2) is 5.96 Å². The molecule has 0 aliphatic heterocycles. The zero-order valence-corrected chi connectivity index (χ0v) is 13.9. The van der Waals surface area contributed by atoms with Gasteiger partial charge in [-0.2, -0.15) is 0 Å². The van der Waals surface area contributed by atoms with Crippen LogP contribution < -0.4 is 27.4 Å². The molecule has 0 saturated carbocycles. The maximum absolute atomic E-state index is 11.9. The largest absolute Gasteiger partial charge is 0.480 e. The molecule has 0 aromatic carbocycles. The van der Waals surface area contributed by atoms with E-state index in [4.69, 9.17) is 22.0 Å². The van der Waals surface area contributed by atoms with Crippen molar-refractivity contribution in [2.75, 3.05) is 13.1 Å². The van der Waals surface area contributed by atoms with Crippen molar-refractivity contribution >= 4 is 17.8 Å². The number of amides is 1. The fourth-order valence-electron chi connectivity index (χ4n) is 1.91. The number of carboxylic acid groups (broad SMARTS) is 1. The summed E-state index contributed by atoms with van der Waals surface area (Å²) in [6.45, 7) is 5.20. The lowest BCUT2D eigenvalue weighted by Crippen LogP contribution is -2.48. The monoisotopic (exact) mass is 330 g/mol. The van der Waals surface area contributed by atoms with Crippen LogP contribution in [0.4, 0.5) is 0 Å². The Balaban J connectivity index is 4.12. The van der Waals surface area contributed by atoms with Crippen LogP contribution >= 0.6 is 0 Å². The highest BCUT2D eigenvalue weighted by molar-refractivity contribution is 5.86. The van der Waals surface area contributed by atoms with Crippen LogP contribution in [0.3, 0.4) is 0 Å². The maximum atomic E-state index is 11.9. The summed E-state index contributed by atoms with van der Waals surface area (Å²) in [5, 5.41) is 24.4. The minimum atomic E-state index is -1.10. The number of carboxylic acids is 1. The van der Waals surface area contributed by atoms with Crippen molar-refractivity contribution in [2.45, 2.75) is 57.7 Å². The standard InChI is InChI=1S/C14H30N6O3/c1-9(2)18-7-3-5-10(15)12(21)20-11(13(22)23)6-4-8-19-14(16)17/h9-11,18H,3-8,15H2,1-2H3,(H,20,21)(H,22,23)(H4,16,17,19)/t10-,11-/m1/s1. The van der Waals surface area contributed by atoms with Crippen LogP contribution in [-0.4, -0.2) is 54.2 Å². The lowest BCUT2D eigenvalue weighted by molar-refractivity contribution is -0.142. The van der Waals surface area contributed by atoms with Gasteiger partial charge in [0.25, 0.3) is 0 Å². The zero-order valence-electron chi connectivity index (χ0n) is 13.9. The molecule has 9 nitrogen and oxygen atoms in total. The van der Waals surface area contributed by atoms with E-state index in [1.807, 2.05) is 13.8 Å². The van der Waals surface area contributed by atoms with Crippen LogP contribution in [0.1, 0.15) is 39.5 Å². The van der Waals surface area contributed by atoms with E-state index in [1.54, 1.807) is 0 Å². The second kappa shape index (κ2) is 11.7. The van der Waals surface area contributed by atoms with E-state index >= 15 is 0 Å². The second-order valence-corrected chi connectivity index (χ2v) is 5.74. The minimum Gasteiger partial charge on any atom is -0.480 e. The molecule has 0 unspecified atom stereocenters. The maximum Gasteiger partial charge on any atom is 0.326 e. The van der Waals surface area contributed by atoms with Crippen molar-refractivity contribution in [3.05, 3.63) is 0 Å². The molecule has 0 aliphatic carbocycles. The Bertz CT molecular complexity index is 389. The molecule has 23 heavy (non-hydrogen) atoms. The van der Waals surface area contributed by atoms with Crippen LogP contribution in [0.2, 0.25) is 0 Å². The van der Waals surface area contributed by atoms with Crippen molar-refractivity contribution in [1.82, 2.24) is 16.0 Å². The van der Waals surface area contributed by atoms with Crippen LogP contribution in [-0.2, 0) is 9.59 Å². The number of aliphatic carboxylic acids is 1. The van der Waals surface area contributed by atoms with Gasteiger partial charge in [0.2, 0.25) is 5.91 Å². The summed E-state index contributed by atoms with van der Waals surface area (Å²) in [6, 6.07) is -1.34. The Morgan fingerprint density at radius 2 is 1.78 bits per heavy atom. The van der Waals surface area contributed by atoms with Crippen molar-refractivity contribution in [1.29, 1.82) is 5.41 Å². The molecule has 0 fully saturated rings. The zero-order chi connectivity index (χ0) is 17.8. The van der Waals surface area contributed by atoms with Gasteiger partial charge >= 0.3 is 5.97 Å². The van der Waals surface area contributed by atoms with E-state index in [0.717, 1.165) is 13.0 Å². The number of carbonyl (C=O) groups excluding carboxylic acids is 1. The third kappa shape index (κ3) is 11.4. The quantitative estimate of drug-likeness (QED) is 0.136. The van der Waals surface area contributed by atoms with E-state index in [-0.39, 0.29) is 12.4 Å². The average molecular weight is 330 g/mol. The lowest BCUT2D eigenvalue weighted by atomic mass is 10.1. The van der Waals surface area contributed by atoms with Gasteiger partial charge in [-0.1, -0.05) is 13.8 Å². The van der Waals surface area contributed by atoms with Crippen LogP contribution in [0.5, 0.6) is 0 Å². The number of rotatable bonds is 12. The smallest absolute Gasteiger partial charge is 0.326 e. The summed E-state index contributed by atoms with van der Waals surface area (Å²) in [5.41, 5.74) is 10.9. The molecule has 0 rings (SSSR count). The molecule has 0 saturated heterocycles. The van der Waals surface area contributed by atoms with Gasteiger partial charge in [0.1, 0.15) is 6.04 Å². The molecule has 0 radical (unpaired) electrons. The molecule has 1 amide bonds. The number of nitrogens with one attached hydrogen (secondary N) is 4. The third-order valence-electron chi connectivity index (χ3n) is 3.18. The molecule has 0 spiro atoms. The summed E-state index contributed by atoms with van der Waals surface area (Å²) < 4.78 is 0. The van der Waals surface area contributed by atoms with Crippen molar-refractivity contribution < 1.29 is 14.7 Å². The Hall–Kier alpha value is -1.87. The highest BCUT2D eigenvalue weighted by Crippen LogP contribution is 2.00. The summed E-state index contributed by atoms with van der Waals surface area (Å²) >= 11 is 0. The topological polar surface area (TPSA) is 166 Å². The predicted molar refractivity (Wildman–Crippen MR) is 89.1 cm³/mol. The molecule has 9 heteroatoms. The van der Waals surface area contributed by atoms with Gasteiger partial charge in [-0.3, -0.25) is 10.2 Å². The van der Waals surface area contributed by atoms with Gasteiger partial charge in [-0.25, -0.2) is 4.79 Å². The number of hydrogen-bond acceptors (Lipinski definition) is 5. The summed E-state index contributed by atoms with van der Waals surface area (Å²) in [7, 11) is 0. The molecular weight excluding hydrogens is 300 g/mol. The van der Waals surface area contributed by atoms with E-state index < -0.39 is 24.0 Å². The van der Waals surface area contributed by atoms with Crippen molar-refractivity contribution in [2.24, 2.45) is 11.5 Å². The highest BCUT2D eigenvalue weighted by atomic mass is 16.4. The third-order valence-corrected chi connectivity index (χ3v) is 3.18. The number of hydrogen-bond donors (Lipinski definition) is 7. The van der Waals surface area contributed by atoms with Gasteiger partial charge in [-0.05, 0) is 32.2 Å². The van der Waals surface area contributed by atoms with E-state index in [2.05, 4.69) is 16.0 Å². The normalized spacial score (nSPS) is 13.4. The molecule has 0 aliphatic rings. The first-order chi connectivity index (χ1) is 10.7. The summed E-state index contributed by atoms with van der Waals surface area (Å²) in [4.78, 5) is 23.1. The fourth-order valence-corrected chi connectivity index (χ4v) is 1.91. The van der Waals surface area contributed by atoms with Crippen LogP contribution in [0.25, 0.3) is 0 Å². The Kier molecular flexibility index (Phi) is 10.7. The fraction of sp³-hybridized carbons (Fsp3) is 0.786. The number of nitrogens with two attached hydrogens (primary N) is 2. The summed E-state index contributed by atoms with van der Waals surface area (Å²) in [6.07, 6.45) is 1.93. The molecule has 134 valence electrons. The SMILES string of the molecule is CC(C)NCCC[C@@H](N)C(=O)N[C@H](CCCNC(=N)N)C(=O)O. The molecule has 2 atom stereocenters. The summed E-state index contributed by atoms with van der Waals surface area (Å²) in [5.74, 6) is -1.73. The molecule has 9 N–H and O–H groups in total. The van der Waals surface area contributed by atoms with E-state index in [9.17, 15) is 9.59 Å². The lowest BCUT2D eigenvalue weighted by Gasteiger charge is -2.18.